The number of aromatic nitrogens is 3. The fraction of sp³-hybridized carbons (Fsp3) is 0.296. The molecule has 0 fully saturated rings. The Bertz CT molecular complexity index is 1360. The second kappa shape index (κ2) is 10.1. The number of rotatable bonds is 7. The molecule has 4 aromatic rings. The zero-order valence-corrected chi connectivity index (χ0v) is 20.1. The van der Waals surface area contributed by atoms with Gasteiger partial charge >= 0.3 is 6.18 Å². The lowest BCUT2D eigenvalue weighted by Gasteiger charge is -2.18. The molecule has 0 saturated heterocycles. The number of alkyl halides is 3. The topological polar surface area (TPSA) is 59.3 Å². The first-order chi connectivity index (χ1) is 17.1. The third kappa shape index (κ3) is 5.24. The molecule has 1 N–H and O–H groups in total. The van der Waals surface area contributed by atoms with Crippen LogP contribution in [0.2, 0.25) is 0 Å². The molecule has 2 aromatic heterocycles. The van der Waals surface area contributed by atoms with Crippen molar-refractivity contribution in [1.29, 1.82) is 0 Å². The maximum absolute atomic E-state index is 13.8. The van der Waals surface area contributed by atoms with Crippen molar-refractivity contribution < 1.29 is 22.4 Å². The smallest absolute Gasteiger partial charge is 0.344 e. The average molecular weight is 499 g/mol. The molecule has 0 aliphatic rings. The molecule has 1 amide bonds. The predicted octanol–water partition coefficient (Wildman–Crippen LogP) is 6.95. The van der Waals surface area contributed by atoms with Crippen LogP contribution < -0.4 is 5.32 Å². The summed E-state index contributed by atoms with van der Waals surface area (Å²) in [5.41, 5.74) is 0.996. The van der Waals surface area contributed by atoms with Crippen molar-refractivity contribution in [3.63, 3.8) is 0 Å². The average Bonchev–Trinajstić information content (AvgIpc) is 3.30. The number of fused-ring (bicyclic) bond motifs is 1. The van der Waals surface area contributed by atoms with Gasteiger partial charge in [-0.15, -0.1) is 0 Å². The van der Waals surface area contributed by atoms with E-state index in [1.807, 2.05) is 31.2 Å². The van der Waals surface area contributed by atoms with Crippen molar-refractivity contribution in [3.05, 3.63) is 89.0 Å². The number of benzene rings is 2. The van der Waals surface area contributed by atoms with Crippen LogP contribution in [0.3, 0.4) is 0 Å². The molecule has 0 aliphatic carbocycles. The van der Waals surface area contributed by atoms with E-state index in [1.54, 1.807) is 0 Å². The lowest BCUT2D eigenvalue weighted by molar-refractivity contribution is -0.142. The summed E-state index contributed by atoms with van der Waals surface area (Å²) in [7, 11) is 0. The normalized spacial score (nSPS) is 13.5. The molecule has 4 rings (SSSR count). The SMILES string of the molecule is CCC(C)c1ccc(C(CC)NC(=O)c2cc3nc(-c4ccc(F)cc4)cc(C(F)(F)F)n3n2)cc1. The zero-order valence-electron chi connectivity index (χ0n) is 20.1. The van der Waals surface area contributed by atoms with Crippen molar-refractivity contribution in [2.45, 2.75) is 51.7 Å². The first-order valence-electron chi connectivity index (χ1n) is 11.7. The van der Waals surface area contributed by atoms with Gasteiger partial charge in [0, 0.05) is 11.6 Å². The number of hydrogen-bond donors (Lipinski definition) is 1. The van der Waals surface area contributed by atoms with Crippen LogP contribution in [-0.4, -0.2) is 20.5 Å². The van der Waals surface area contributed by atoms with Gasteiger partial charge in [-0.05, 0) is 60.2 Å². The molecule has 0 radical (unpaired) electrons. The van der Waals surface area contributed by atoms with Gasteiger partial charge in [-0.3, -0.25) is 4.79 Å². The molecule has 5 nitrogen and oxygen atoms in total. The highest BCUT2D eigenvalue weighted by atomic mass is 19.4. The van der Waals surface area contributed by atoms with Crippen LogP contribution >= 0.6 is 0 Å². The summed E-state index contributed by atoms with van der Waals surface area (Å²) in [4.78, 5) is 17.2. The molecule has 188 valence electrons. The minimum Gasteiger partial charge on any atom is -0.344 e. The predicted molar refractivity (Wildman–Crippen MR) is 129 cm³/mol. The van der Waals surface area contributed by atoms with Crippen molar-refractivity contribution in [1.82, 2.24) is 19.9 Å². The van der Waals surface area contributed by atoms with Crippen molar-refractivity contribution in [3.8, 4) is 11.3 Å². The van der Waals surface area contributed by atoms with Crippen LogP contribution in [0.25, 0.3) is 16.9 Å². The highest BCUT2D eigenvalue weighted by Gasteiger charge is 2.35. The maximum atomic E-state index is 13.8. The molecule has 36 heavy (non-hydrogen) atoms. The first kappa shape index (κ1) is 25.3. The van der Waals surface area contributed by atoms with Gasteiger partial charge in [-0.25, -0.2) is 13.9 Å². The van der Waals surface area contributed by atoms with E-state index in [0.717, 1.165) is 30.2 Å². The van der Waals surface area contributed by atoms with Gasteiger partial charge in [-0.2, -0.15) is 18.3 Å². The van der Waals surface area contributed by atoms with Gasteiger partial charge in [-0.1, -0.05) is 45.0 Å². The number of halogens is 4. The minimum atomic E-state index is -4.75. The lowest BCUT2D eigenvalue weighted by Crippen LogP contribution is -2.28. The summed E-state index contributed by atoms with van der Waals surface area (Å²) in [6.07, 6.45) is -3.15. The van der Waals surface area contributed by atoms with Crippen LogP contribution in [-0.2, 0) is 6.18 Å². The van der Waals surface area contributed by atoms with E-state index in [4.69, 9.17) is 0 Å². The van der Waals surface area contributed by atoms with Gasteiger partial charge in [0.15, 0.2) is 17.0 Å². The zero-order chi connectivity index (χ0) is 26.0. The van der Waals surface area contributed by atoms with Crippen molar-refractivity contribution >= 4 is 11.6 Å². The van der Waals surface area contributed by atoms with Gasteiger partial charge in [0.1, 0.15) is 5.82 Å². The number of carbonyl (C=O) groups is 1. The van der Waals surface area contributed by atoms with Crippen molar-refractivity contribution in [2.24, 2.45) is 0 Å². The van der Waals surface area contributed by atoms with Crippen LogP contribution in [0.1, 0.15) is 72.9 Å². The Kier molecular flexibility index (Phi) is 7.10. The van der Waals surface area contributed by atoms with Crippen LogP contribution in [0.4, 0.5) is 17.6 Å². The van der Waals surface area contributed by atoms with E-state index in [1.165, 1.54) is 23.8 Å². The molecule has 2 heterocycles. The molecular formula is C27H26F4N4O. The second-order valence-corrected chi connectivity index (χ2v) is 8.74. The number of amides is 1. The molecule has 0 saturated carbocycles. The summed E-state index contributed by atoms with van der Waals surface area (Å²) < 4.78 is 55.4. The minimum absolute atomic E-state index is 0.00508. The Morgan fingerprint density at radius 3 is 2.19 bits per heavy atom. The standard InChI is InChI=1S/C27H26F4N4O/c1-4-16(3)17-6-8-18(9-7-17)21(5-2)33-26(36)23-15-25-32-22(19-10-12-20(28)13-11-19)14-24(27(29,30)31)35(25)34-23/h6-16,21H,4-5H2,1-3H3,(H,33,36). The third-order valence-electron chi connectivity index (χ3n) is 6.32. The Hall–Kier alpha value is -3.75. The summed E-state index contributed by atoms with van der Waals surface area (Å²) in [5, 5.41) is 6.79. The largest absolute Gasteiger partial charge is 0.433 e. The molecule has 0 spiro atoms. The third-order valence-corrected chi connectivity index (χ3v) is 6.32. The molecule has 2 aromatic carbocycles. The Labute approximate surface area is 206 Å². The maximum Gasteiger partial charge on any atom is 0.433 e. The highest BCUT2D eigenvalue weighted by Crippen LogP contribution is 2.32. The quantitative estimate of drug-likeness (QED) is 0.281. The lowest BCUT2D eigenvalue weighted by atomic mass is 9.95. The summed E-state index contributed by atoms with van der Waals surface area (Å²) in [6.45, 7) is 6.17. The number of nitrogens with zero attached hydrogens (tertiary/aromatic N) is 3. The van der Waals surface area contributed by atoms with E-state index in [9.17, 15) is 22.4 Å². The molecule has 2 atom stereocenters. The first-order valence-corrected chi connectivity index (χ1v) is 11.7. The van der Waals surface area contributed by atoms with E-state index < -0.39 is 23.6 Å². The number of carbonyl (C=O) groups excluding carboxylic acids is 1. The second-order valence-electron chi connectivity index (χ2n) is 8.74. The summed E-state index contributed by atoms with van der Waals surface area (Å²) in [5.74, 6) is -0.698. The number of hydrogen-bond acceptors (Lipinski definition) is 3. The van der Waals surface area contributed by atoms with Crippen LogP contribution in [0.5, 0.6) is 0 Å². The van der Waals surface area contributed by atoms with E-state index in [2.05, 4.69) is 29.2 Å². The molecule has 0 aliphatic heterocycles. The van der Waals surface area contributed by atoms with E-state index in [0.29, 0.717) is 22.4 Å². The molecule has 0 bridgehead atoms. The Morgan fingerprint density at radius 1 is 0.972 bits per heavy atom. The van der Waals surface area contributed by atoms with Crippen molar-refractivity contribution in [2.75, 3.05) is 0 Å². The monoisotopic (exact) mass is 498 g/mol. The summed E-state index contributed by atoms with van der Waals surface area (Å²) >= 11 is 0. The van der Waals surface area contributed by atoms with Crippen LogP contribution in [0, 0.1) is 5.82 Å². The highest BCUT2D eigenvalue weighted by molar-refractivity contribution is 5.93. The Balaban J connectivity index is 1.66. The molecule has 2 unspecified atom stereocenters. The molecular weight excluding hydrogens is 472 g/mol. The fourth-order valence-corrected chi connectivity index (χ4v) is 4.00. The van der Waals surface area contributed by atoms with E-state index >= 15 is 0 Å². The van der Waals surface area contributed by atoms with Gasteiger partial charge in [0.05, 0.1) is 11.7 Å². The molecule has 9 heteroatoms. The van der Waals surface area contributed by atoms with Gasteiger partial charge in [0.2, 0.25) is 0 Å². The number of nitrogens with one attached hydrogen (secondary N) is 1. The van der Waals surface area contributed by atoms with E-state index in [-0.39, 0.29) is 23.1 Å². The van der Waals surface area contributed by atoms with Gasteiger partial charge in [0.25, 0.3) is 5.91 Å². The Morgan fingerprint density at radius 2 is 1.61 bits per heavy atom. The van der Waals surface area contributed by atoms with Gasteiger partial charge < -0.3 is 5.32 Å². The van der Waals surface area contributed by atoms with Crippen LogP contribution in [0.15, 0.2) is 60.7 Å². The summed E-state index contributed by atoms with van der Waals surface area (Å²) in [6, 6.07) is 14.7. The fourth-order valence-electron chi connectivity index (χ4n) is 4.00.